The van der Waals surface area contributed by atoms with Gasteiger partial charge in [-0.3, -0.25) is 4.79 Å². The number of hydrogen-bond acceptors (Lipinski definition) is 2. The number of nitrogens with one attached hydrogen (secondary N) is 1. The van der Waals surface area contributed by atoms with Crippen molar-refractivity contribution >= 4 is 5.91 Å². The molecule has 2 unspecified atom stereocenters. The summed E-state index contributed by atoms with van der Waals surface area (Å²) in [5.41, 5.74) is 0.446. The second-order valence-electron chi connectivity index (χ2n) is 4.83. The summed E-state index contributed by atoms with van der Waals surface area (Å²) in [5.74, 6) is -0.426. The maximum absolute atomic E-state index is 12.7. The molecule has 1 fully saturated rings. The Balaban J connectivity index is 1.86. The molecule has 3 nitrogen and oxygen atoms in total. The molecule has 0 aliphatic heterocycles. The molecule has 2 atom stereocenters. The van der Waals surface area contributed by atoms with Crippen LogP contribution >= 0.6 is 0 Å². The number of aliphatic hydroxyl groups excluding tert-OH is 1. The SMILES string of the molecule is O=C(NCC1CCCCC1O)c1ccc(F)cc1. The van der Waals surface area contributed by atoms with Gasteiger partial charge in [0.25, 0.3) is 5.91 Å². The zero-order valence-electron chi connectivity index (χ0n) is 10.2. The predicted octanol–water partition coefficient (Wildman–Crippen LogP) is 2.11. The summed E-state index contributed by atoms with van der Waals surface area (Å²) in [6.45, 7) is 0.484. The number of carbonyl (C=O) groups is 1. The summed E-state index contributed by atoms with van der Waals surface area (Å²) >= 11 is 0. The minimum absolute atomic E-state index is 0.142. The molecule has 0 spiro atoms. The third-order valence-corrected chi connectivity index (χ3v) is 3.50. The summed E-state index contributed by atoms with van der Waals surface area (Å²) in [6.07, 6.45) is 3.62. The van der Waals surface area contributed by atoms with E-state index in [0.717, 1.165) is 25.7 Å². The first-order valence-corrected chi connectivity index (χ1v) is 6.38. The second kappa shape index (κ2) is 5.96. The van der Waals surface area contributed by atoms with Crippen LogP contribution in [-0.4, -0.2) is 23.7 Å². The largest absolute Gasteiger partial charge is 0.393 e. The summed E-state index contributed by atoms with van der Waals surface area (Å²) < 4.78 is 12.7. The van der Waals surface area contributed by atoms with Crippen LogP contribution in [-0.2, 0) is 0 Å². The summed E-state index contributed by atoms with van der Waals surface area (Å²) in [6, 6.07) is 5.46. The molecule has 1 saturated carbocycles. The normalized spacial score (nSPS) is 23.7. The molecule has 4 heteroatoms. The van der Waals surface area contributed by atoms with Gasteiger partial charge in [0.2, 0.25) is 0 Å². The van der Waals surface area contributed by atoms with E-state index in [1.54, 1.807) is 0 Å². The van der Waals surface area contributed by atoms with Gasteiger partial charge in [-0.2, -0.15) is 0 Å². The maximum Gasteiger partial charge on any atom is 0.251 e. The number of aliphatic hydroxyl groups is 1. The highest BCUT2D eigenvalue weighted by Crippen LogP contribution is 2.23. The molecular formula is C14H18FNO2. The molecule has 0 radical (unpaired) electrons. The molecule has 98 valence electrons. The van der Waals surface area contributed by atoms with E-state index in [1.807, 2.05) is 0 Å². The van der Waals surface area contributed by atoms with Crippen LogP contribution < -0.4 is 5.32 Å². The first kappa shape index (κ1) is 13.0. The summed E-state index contributed by atoms with van der Waals surface area (Å²) in [5, 5.41) is 12.6. The Morgan fingerprint density at radius 1 is 1.28 bits per heavy atom. The zero-order valence-corrected chi connectivity index (χ0v) is 10.2. The van der Waals surface area contributed by atoms with E-state index in [4.69, 9.17) is 0 Å². The van der Waals surface area contributed by atoms with Crippen molar-refractivity contribution in [2.24, 2.45) is 5.92 Å². The molecule has 1 aliphatic rings. The summed E-state index contributed by atoms with van der Waals surface area (Å²) in [4.78, 5) is 11.8. The highest BCUT2D eigenvalue weighted by molar-refractivity contribution is 5.94. The van der Waals surface area contributed by atoms with Crippen LogP contribution in [0, 0.1) is 11.7 Å². The molecule has 1 amide bonds. The van der Waals surface area contributed by atoms with Crippen molar-refractivity contribution in [3.8, 4) is 0 Å². The van der Waals surface area contributed by atoms with E-state index in [9.17, 15) is 14.3 Å². The Morgan fingerprint density at radius 3 is 2.61 bits per heavy atom. The molecule has 18 heavy (non-hydrogen) atoms. The lowest BCUT2D eigenvalue weighted by Gasteiger charge is -2.27. The third-order valence-electron chi connectivity index (χ3n) is 3.50. The van der Waals surface area contributed by atoms with Gasteiger partial charge in [-0.05, 0) is 37.1 Å². The highest BCUT2D eigenvalue weighted by atomic mass is 19.1. The molecule has 1 aliphatic carbocycles. The molecular weight excluding hydrogens is 233 g/mol. The van der Waals surface area contributed by atoms with E-state index in [0.29, 0.717) is 12.1 Å². The molecule has 2 N–H and O–H groups in total. The fourth-order valence-corrected chi connectivity index (χ4v) is 2.35. The van der Waals surface area contributed by atoms with Crippen LogP contribution in [0.15, 0.2) is 24.3 Å². The minimum atomic E-state index is -0.353. The Kier molecular flexibility index (Phi) is 4.31. The van der Waals surface area contributed by atoms with Crippen LogP contribution in [0.3, 0.4) is 0 Å². The predicted molar refractivity (Wildman–Crippen MR) is 66.7 cm³/mol. The quantitative estimate of drug-likeness (QED) is 0.864. The van der Waals surface area contributed by atoms with Gasteiger partial charge in [-0.15, -0.1) is 0 Å². The molecule has 0 saturated heterocycles. The third kappa shape index (κ3) is 3.29. The molecule has 1 aromatic rings. The van der Waals surface area contributed by atoms with E-state index >= 15 is 0 Å². The van der Waals surface area contributed by atoms with Crippen molar-refractivity contribution in [1.29, 1.82) is 0 Å². The fraction of sp³-hybridized carbons (Fsp3) is 0.500. The van der Waals surface area contributed by atoms with Gasteiger partial charge < -0.3 is 10.4 Å². The van der Waals surface area contributed by atoms with Gasteiger partial charge in [0.1, 0.15) is 5.82 Å². The first-order valence-electron chi connectivity index (χ1n) is 6.38. The van der Waals surface area contributed by atoms with Gasteiger partial charge in [0.15, 0.2) is 0 Å². The molecule has 1 aromatic carbocycles. The number of rotatable bonds is 3. The lowest BCUT2D eigenvalue weighted by atomic mass is 9.86. The summed E-state index contributed by atoms with van der Waals surface area (Å²) in [7, 11) is 0. The topological polar surface area (TPSA) is 49.3 Å². The average Bonchev–Trinajstić information content (AvgIpc) is 2.38. The fourth-order valence-electron chi connectivity index (χ4n) is 2.35. The van der Waals surface area contributed by atoms with Crippen LogP contribution in [0.5, 0.6) is 0 Å². The van der Waals surface area contributed by atoms with Crippen molar-refractivity contribution in [1.82, 2.24) is 5.32 Å². The highest BCUT2D eigenvalue weighted by Gasteiger charge is 2.23. The van der Waals surface area contributed by atoms with Crippen molar-refractivity contribution in [3.63, 3.8) is 0 Å². The second-order valence-corrected chi connectivity index (χ2v) is 4.83. The first-order chi connectivity index (χ1) is 8.66. The van der Waals surface area contributed by atoms with Crippen LogP contribution in [0.1, 0.15) is 36.0 Å². The van der Waals surface area contributed by atoms with Crippen LogP contribution in [0.2, 0.25) is 0 Å². The van der Waals surface area contributed by atoms with Crippen molar-refractivity contribution in [2.75, 3.05) is 6.54 Å². The van der Waals surface area contributed by atoms with Gasteiger partial charge in [-0.25, -0.2) is 4.39 Å². The van der Waals surface area contributed by atoms with Gasteiger partial charge >= 0.3 is 0 Å². The van der Waals surface area contributed by atoms with E-state index < -0.39 is 0 Å². The number of halogens is 1. The van der Waals surface area contributed by atoms with Crippen molar-refractivity contribution < 1.29 is 14.3 Å². The Bertz CT molecular complexity index is 405. The van der Waals surface area contributed by atoms with E-state index in [2.05, 4.69) is 5.32 Å². The lowest BCUT2D eigenvalue weighted by Crippen LogP contribution is -2.36. The monoisotopic (exact) mass is 251 g/mol. The molecule has 2 rings (SSSR count). The number of benzene rings is 1. The average molecular weight is 251 g/mol. The van der Waals surface area contributed by atoms with Crippen LogP contribution in [0.4, 0.5) is 4.39 Å². The van der Waals surface area contributed by atoms with Gasteiger partial charge in [0, 0.05) is 18.0 Å². The lowest BCUT2D eigenvalue weighted by molar-refractivity contribution is 0.0663. The Hall–Kier alpha value is -1.42. The van der Waals surface area contributed by atoms with Crippen molar-refractivity contribution in [3.05, 3.63) is 35.6 Å². The molecule has 0 bridgehead atoms. The standard InChI is InChI=1S/C14H18FNO2/c15-12-7-5-10(6-8-12)14(18)16-9-11-3-1-2-4-13(11)17/h5-8,11,13,17H,1-4,9H2,(H,16,18). The zero-order chi connectivity index (χ0) is 13.0. The molecule has 0 aromatic heterocycles. The van der Waals surface area contributed by atoms with E-state index in [-0.39, 0.29) is 23.7 Å². The maximum atomic E-state index is 12.7. The number of hydrogen-bond donors (Lipinski definition) is 2. The Morgan fingerprint density at radius 2 is 1.94 bits per heavy atom. The van der Waals surface area contributed by atoms with Gasteiger partial charge in [-0.1, -0.05) is 12.8 Å². The van der Waals surface area contributed by atoms with Gasteiger partial charge in [0.05, 0.1) is 6.10 Å². The molecule has 0 heterocycles. The smallest absolute Gasteiger partial charge is 0.251 e. The number of carbonyl (C=O) groups excluding carboxylic acids is 1. The number of amides is 1. The van der Waals surface area contributed by atoms with E-state index in [1.165, 1.54) is 24.3 Å². The van der Waals surface area contributed by atoms with Crippen LogP contribution in [0.25, 0.3) is 0 Å². The minimum Gasteiger partial charge on any atom is -0.393 e. The van der Waals surface area contributed by atoms with Crippen molar-refractivity contribution in [2.45, 2.75) is 31.8 Å². The Labute approximate surface area is 106 Å².